The Morgan fingerprint density at radius 2 is 1.87 bits per heavy atom. The zero-order valence-corrected chi connectivity index (χ0v) is 16.8. The minimum absolute atomic E-state index is 0.528. The van der Waals surface area contributed by atoms with Gasteiger partial charge in [-0.05, 0) is 42.8 Å². The summed E-state index contributed by atoms with van der Waals surface area (Å²) >= 11 is 0. The number of hydrogen-bond donors (Lipinski definition) is 2. The minimum Gasteiger partial charge on any atom is -0.444 e. The number of benzene rings is 2. The van der Waals surface area contributed by atoms with Gasteiger partial charge in [0, 0.05) is 24.5 Å². The Labute approximate surface area is 175 Å². The van der Waals surface area contributed by atoms with Crippen molar-refractivity contribution >= 4 is 5.96 Å². The molecule has 0 radical (unpaired) electrons. The van der Waals surface area contributed by atoms with Crippen LogP contribution in [0.15, 0.2) is 88.7 Å². The molecule has 30 heavy (non-hydrogen) atoms. The third-order valence-electron chi connectivity index (χ3n) is 4.48. The molecule has 0 saturated heterocycles. The normalized spacial score (nSPS) is 11.4. The Hall–Kier alpha value is -3.87. The van der Waals surface area contributed by atoms with Crippen molar-refractivity contribution in [3.05, 3.63) is 90.6 Å². The predicted octanol–water partition coefficient (Wildman–Crippen LogP) is 3.78. The Balaban J connectivity index is 1.36. The van der Waals surface area contributed by atoms with Crippen LogP contribution >= 0.6 is 0 Å². The molecule has 4 aromatic rings. The summed E-state index contributed by atoms with van der Waals surface area (Å²) < 4.78 is 7.43. The lowest BCUT2D eigenvalue weighted by Gasteiger charge is -2.10. The van der Waals surface area contributed by atoms with E-state index in [1.54, 1.807) is 12.5 Å². The maximum atomic E-state index is 5.60. The zero-order chi connectivity index (χ0) is 20.6. The molecule has 0 fully saturated rings. The molecular weight excluding hydrogens is 376 g/mol. The third kappa shape index (κ3) is 4.94. The first kappa shape index (κ1) is 19.4. The van der Waals surface area contributed by atoms with Crippen molar-refractivity contribution in [2.45, 2.75) is 20.0 Å². The second-order valence-electron chi connectivity index (χ2n) is 6.68. The predicted molar refractivity (Wildman–Crippen MR) is 117 cm³/mol. The molecule has 0 saturated carbocycles. The van der Waals surface area contributed by atoms with Gasteiger partial charge in [0.25, 0.3) is 0 Å². The zero-order valence-electron chi connectivity index (χ0n) is 16.8. The van der Waals surface area contributed by atoms with Crippen molar-refractivity contribution in [1.29, 1.82) is 0 Å². The molecule has 4 rings (SSSR count). The molecule has 0 aliphatic carbocycles. The molecule has 0 spiro atoms. The lowest BCUT2D eigenvalue weighted by Crippen LogP contribution is -2.36. The lowest BCUT2D eigenvalue weighted by molar-refractivity contribution is 0.572. The van der Waals surface area contributed by atoms with E-state index >= 15 is 0 Å². The van der Waals surface area contributed by atoms with Crippen molar-refractivity contribution in [2.75, 3.05) is 6.54 Å². The number of nitrogens with zero attached hydrogens (tertiary/aromatic N) is 4. The first-order chi connectivity index (χ1) is 14.8. The SMILES string of the molecule is CCNC(=NCc1ccc(-n2cccn2)cc1)NCc1coc(-c2ccccc2)n1. The first-order valence-corrected chi connectivity index (χ1v) is 9.93. The highest BCUT2D eigenvalue weighted by molar-refractivity contribution is 5.79. The monoisotopic (exact) mass is 400 g/mol. The molecular formula is C23H24N6O. The second-order valence-corrected chi connectivity index (χ2v) is 6.68. The molecule has 2 aromatic carbocycles. The molecule has 2 heterocycles. The molecule has 7 nitrogen and oxygen atoms in total. The van der Waals surface area contributed by atoms with Gasteiger partial charge in [-0.3, -0.25) is 0 Å². The fourth-order valence-corrected chi connectivity index (χ4v) is 2.96. The standard InChI is InChI=1S/C23H24N6O/c1-2-24-23(25-15-18-9-11-21(12-10-18)29-14-6-13-27-29)26-16-20-17-30-22(28-20)19-7-4-3-5-8-19/h3-14,17H,2,15-16H2,1H3,(H2,24,25,26). The van der Waals surface area contributed by atoms with Crippen LogP contribution in [0.25, 0.3) is 17.1 Å². The summed E-state index contributed by atoms with van der Waals surface area (Å²) in [4.78, 5) is 9.21. The summed E-state index contributed by atoms with van der Waals surface area (Å²) in [5, 5.41) is 10.8. The van der Waals surface area contributed by atoms with E-state index in [2.05, 4.69) is 37.8 Å². The smallest absolute Gasteiger partial charge is 0.226 e. The third-order valence-corrected chi connectivity index (χ3v) is 4.48. The maximum absolute atomic E-state index is 5.60. The van der Waals surface area contributed by atoms with Gasteiger partial charge >= 0.3 is 0 Å². The van der Waals surface area contributed by atoms with Gasteiger partial charge in [0.2, 0.25) is 5.89 Å². The van der Waals surface area contributed by atoms with E-state index in [-0.39, 0.29) is 0 Å². The summed E-state index contributed by atoms with van der Waals surface area (Å²) in [7, 11) is 0. The van der Waals surface area contributed by atoms with Crippen molar-refractivity contribution < 1.29 is 4.42 Å². The van der Waals surface area contributed by atoms with Gasteiger partial charge in [-0.2, -0.15) is 5.10 Å². The summed E-state index contributed by atoms with van der Waals surface area (Å²) in [5.74, 6) is 1.35. The second kappa shape index (κ2) is 9.56. The quantitative estimate of drug-likeness (QED) is 0.364. The number of guanidine groups is 1. The summed E-state index contributed by atoms with van der Waals surface area (Å²) in [6.45, 7) is 3.92. The minimum atomic E-state index is 0.528. The molecule has 2 aromatic heterocycles. The fraction of sp³-hybridized carbons (Fsp3) is 0.174. The van der Waals surface area contributed by atoms with E-state index in [1.165, 1.54) is 0 Å². The molecule has 0 aliphatic rings. The van der Waals surface area contributed by atoms with Crippen molar-refractivity contribution in [2.24, 2.45) is 4.99 Å². The molecule has 2 N–H and O–H groups in total. The van der Waals surface area contributed by atoms with Gasteiger partial charge in [0.15, 0.2) is 5.96 Å². The fourth-order valence-electron chi connectivity index (χ4n) is 2.96. The Morgan fingerprint density at radius 3 is 2.60 bits per heavy atom. The molecule has 0 unspecified atom stereocenters. The van der Waals surface area contributed by atoms with E-state index in [0.29, 0.717) is 19.0 Å². The van der Waals surface area contributed by atoms with Gasteiger partial charge in [0.1, 0.15) is 6.26 Å². The number of hydrogen-bond acceptors (Lipinski definition) is 4. The summed E-state index contributed by atoms with van der Waals surface area (Å²) in [6.07, 6.45) is 5.37. The molecule has 7 heteroatoms. The van der Waals surface area contributed by atoms with Crippen molar-refractivity contribution in [3.8, 4) is 17.1 Å². The highest BCUT2D eigenvalue weighted by Gasteiger charge is 2.07. The molecule has 0 amide bonds. The van der Waals surface area contributed by atoms with E-state index in [9.17, 15) is 0 Å². The van der Waals surface area contributed by atoms with E-state index in [1.807, 2.05) is 66.3 Å². The van der Waals surface area contributed by atoms with Crippen LogP contribution < -0.4 is 10.6 Å². The molecule has 0 atom stereocenters. The van der Waals surface area contributed by atoms with Crippen LogP contribution in [-0.4, -0.2) is 27.3 Å². The van der Waals surface area contributed by atoms with E-state index in [4.69, 9.17) is 4.42 Å². The van der Waals surface area contributed by atoms with Crippen LogP contribution in [0.1, 0.15) is 18.2 Å². The van der Waals surface area contributed by atoms with Gasteiger partial charge in [0.05, 0.1) is 24.5 Å². The number of rotatable bonds is 7. The molecule has 0 bridgehead atoms. The van der Waals surface area contributed by atoms with Crippen LogP contribution in [-0.2, 0) is 13.1 Å². The van der Waals surface area contributed by atoms with Gasteiger partial charge in [-0.15, -0.1) is 0 Å². The van der Waals surface area contributed by atoms with Crippen LogP contribution in [0.3, 0.4) is 0 Å². The Bertz CT molecular complexity index is 1070. The number of aromatic nitrogens is 3. The first-order valence-electron chi connectivity index (χ1n) is 9.93. The lowest BCUT2D eigenvalue weighted by atomic mass is 10.2. The van der Waals surface area contributed by atoms with Crippen molar-refractivity contribution in [1.82, 2.24) is 25.4 Å². The maximum Gasteiger partial charge on any atom is 0.226 e. The highest BCUT2D eigenvalue weighted by atomic mass is 16.3. The Morgan fingerprint density at radius 1 is 1.03 bits per heavy atom. The topological polar surface area (TPSA) is 80.3 Å². The van der Waals surface area contributed by atoms with Crippen LogP contribution in [0.4, 0.5) is 0 Å². The number of nitrogens with one attached hydrogen (secondary N) is 2. The summed E-state index contributed by atoms with van der Waals surface area (Å²) in [6, 6.07) is 20.0. The molecule has 152 valence electrons. The average molecular weight is 400 g/mol. The van der Waals surface area contributed by atoms with Crippen molar-refractivity contribution in [3.63, 3.8) is 0 Å². The van der Waals surface area contributed by atoms with Gasteiger partial charge in [-0.25, -0.2) is 14.7 Å². The average Bonchev–Trinajstić information content (AvgIpc) is 3.49. The summed E-state index contributed by atoms with van der Waals surface area (Å²) in [5.41, 5.74) is 3.93. The van der Waals surface area contributed by atoms with Gasteiger partial charge in [-0.1, -0.05) is 30.3 Å². The Kier molecular flexibility index (Phi) is 6.19. The highest BCUT2D eigenvalue weighted by Crippen LogP contribution is 2.17. The number of aliphatic imine (C=N–C) groups is 1. The van der Waals surface area contributed by atoms with Crippen LogP contribution in [0.2, 0.25) is 0 Å². The van der Waals surface area contributed by atoms with E-state index < -0.39 is 0 Å². The number of oxazole rings is 1. The van der Waals surface area contributed by atoms with E-state index in [0.717, 1.165) is 35.0 Å². The van der Waals surface area contributed by atoms with Crippen LogP contribution in [0.5, 0.6) is 0 Å². The van der Waals surface area contributed by atoms with Gasteiger partial charge < -0.3 is 15.1 Å². The largest absolute Gasteiger partial charge is 0.444 e. The molecule has 0 aliphatic heterocycles. The van der Waals surface area contributed by atoms with Crippen LogP contribution in [0, 0.1) is 0 Å².